The summed E-state index contributed by atoms with van der Waals surface area (Å²) in [7, 11) is 0. The van der Waals surface area contributed by atoms with E-state index in [4.69, 9.17) is 19.2 Å². The Hall–Kier alpha value is -2.98. The first-order valence-electron chi connectivity index (χ1n) is 13.0. The molecule has 1 aliphatic carbocycles. The molecule has 2 atom stereocenters. The van der Waals surface area contributed by atoms with Crippen LogP contribution < -0.4 is 4.90 Å². The van der Waals surface area contributed by atoms with Gasteiger partial charge >= 0.3 is 12.2 Å². The molecular weight excluding hydrogens is 564 g/mol. The van der Waals surface area contributed by atoms with Crippen LogP contribution in [0.1, 0.15) is 68.7 Å². The maximum Gasteiger partial charge on any atom is 0.419 e. The lowest BCUT2D eigenvalue weighted by molar-refractivity contribution is -0.0183. The van der Waals surface area contributed by atoms with Crippen LogP contribution in [0.2, 0.25) is 0 Å². The molecule has 1 fully saturated rings. The van der Waals surface area contributed by atoms with Crippen LogP contribution in [0.25, 0.3) is 22.3 Å². The predicted molar refractivity (Wildman–Crippen MR) is 154 cm³/mol. The summed E-state index contributed by atoms with van der Waals surface area (Å²) in [4.78, 5) is 38.1. The van der Waals surface area contributed by atoms with Gasteiger partial charge in [-0.3, -0.25) is 4.90 Å². The number of amides is 1. The average molecular weight is 602 g/mol. The van der Waals surface area contributed by atoms with E-state index in [1.54, 1.807) is 0 Å². The first-order chi connectivity index (χ1) is 17.9. The topological polar surface area (TPSA) is 95.8 Å². The van der Waals surface area contributed by atoms with Gasteiger partial charge in [0.2, 0.25) is 0 Å². The number of fused-ring (bicyclic) bond motifs is 1. The monoisotopic (exact) mass is 600 g/mol. The van der Waals surface area contributed by atoms with Crippen LogP contribution in [0.15, 0.2) is 41.1 Å². The molecule has 2 heterocycles. The lowest BCUT2D eigenvalue weighted by Gasteiger charge is -2.29. The summed E-state index contributed by atoms with van der Waals surface area (Å²) in [6.07, 6.45) is 0.815. The van der Waals surface area contributed by atoms with Gasteiger partial charge in [0.25, 0.3) is 0 Å². The molecule has 2 aromatic heterocycles. The summed E-state index contributed by atoms with van der Waals surface area (Å²) in [5, 5.41) is 0.815. The van der Waals surface area contributed by atoms with Crippen LogP contribution in [-0.2, 0) is 14.2 Å². The fraction of sp³-hybridized carbons (Fsp3) is 0.517. The summed E-state index contributed by atoms with van der Waals surface area (Å²) in [6, 6.07) is 9.03. The Kier molecular flexibility index (Phi) is 7.59. The number of aromatic nitrogens is 3. The van der Waals surface area contributed by atoms with Crippen molar-refractivity contribution in [3.8, 4) is 11.4 Å². The summed E-state index contributed by atoms with van der Waals surface area (Å²) < 4.78 is 19.7. The van der Waals surface area contributed by atoms with Crippen LogP contribution >= 0.6 is 15.9 Å². The van der Waals surface area contributed by atoms with E-state index < -0.39 is 29.0 Å². The normalized spacial score (nSPS) is 17.7. The first kappa shape index (κ1) is 29.0. The quantitative estimate of drug-likeness (QED) is 0.309. The Bertz CT molecular complexity index is 1400. The second-order valence-corrected chi connectivity index (χ2v) is 13.5. The molecule has 9 nitrogen and oxygen atoms in total. The molecule has 1 aliphatic rings. The molecule has 3 aromatic rings. The minimum absolute atomic E-state index is 0.201. The van der Waals surface area contributed by atoms with Gasteiger partial charge in [0.1, 0.15) is 21.5 Å². The van der Waals surface area contributed by atoms with E-state index in [-0.39, 0.29) is 18.0 Å². The highest BCUT2D eigenvalue weighted by molar-refractivity contribution is 9.10. The smallest absolute Gasteiger partial charge is 0.419 e. The predicted octanol–water partition coefficient (Wildman–Crippen LogP) is 7.34. The van der Waals surface area contributed by atoms with Gasteiger partial charge < -0.3 is 14.2 Å². The van der Waals surface area contributed by atoms with Crippen molar-refractivity contribution in [2.45, 2.75) is 97.7 Å². The van der Waals surface area contributed by atoms with E-state index in [9.17, 15) is 9.59 Å². The van der Waals surface area contributed by atoms with Crippen LogP contribution in [0, 0.1) is 0 Å². The van der Waals surface area contributed by atoms with Crippen molar-refractivity contribution < 1.29 is 23.8 Å². The molecule has 0 N–H and O–H groups in total. The molecule has 0 radical (unpaired) electrons. The van der Waals surface area contributed by atoms with Gasteiger partial charge in [0, 0.05) is 5.39 Å². The number of hydrogen-bond donors (Lipinski definition) is 0. The van der Waals surface area contributed by atoms with Gasteiger partial charge in [-0.1, -0.05) is 18.2 Å². The molecule has 0 saturated heterocycles. The highest BCUT2D eigenvalue weighted by Crippen LogP contribution is 2.42. The molecular formula is C29H37BrN4O5. The second kappa shape index (κ2) is 10.2. The van der Waals surface area contributed by atoms with Crippen molar-refractivity contribution in [2.24, 2.45) is 0 Å². The van der Waals surface area contributed by atoms with Crippen molar-refractivity contribution in [1.82, 2.24) is 14.5 Å². The van der Waals surface area contributed by atoms with E-state index in [2.05, 4.69) is 20.9 Å². The van der Waals surface area contributed by atoms with Gasteiger partial charge in [-0.2, -0.15) is 0 Å². The molecule has 0 bridgehead atoms. The van der Waals surface area contributed by atoms with E-state index in [1.807, 2.05) is 92.6 Å². The maximum absolute atomic E-state index is 13.7. The molecule has 39 heavy (non-hydrogen) atoms. The van der Waals surface area contributed by atoms with Crippen molar-refractivity contribution >= 4 is 44.8 Å². The average Bonchev–Trinajstić information content (AvgIpc) is 3.36. The first-order valence-corrected chi connectivity index (χ1v) is 13.8. The summed E-state index contributed by atoms with van der Waals surface area (Å²) >= 11 is 3.43. The van der Waals surface area contributed by atoms with Crippen LogP contribution in [0.4, 0.5) is 15.4 Å². The molecule has 1 aromatic carbocycles. The fourth-order valence-corrected chi connectivity index (χ4v) is 4.52. The molecule has 210 valence electrons. The summed E-state index contributed by atoms with van der Waals surface area (Å²) in [5.41, 5.74) is -0.427. The van der Waals surface area contributed by atoms with Crippen LogP contribution in [0.3, 0.4) is 0 Å². The zero-order valence-electron chi connectivity index (χ0n) is 24.0. The molecule has 0 aliphatic heterocycles. The fourth-order valence-electron chi connectivity index (χ4n) is 4.24. The number of ether oxygens (including phenoxy) is 3. The molecule has 1 saturated carbocycles. The molecule has 10 heteroatoms. The Balaban J connectivity index is 1.90. The number of hydrogen-bond acceptors (Lipinski definition) is 7. The third-order valence-corrected chi connectivity index (χ3v) is 5.99. The number of halogens is 1. The molecule has 2 unspecified atom stereocenters. The summed E-state index contributed by atoms with van der Waals surface area (Å²) in [5.74, 6) is 0.269. The Morgan fingerprint density at radius 2 is 1.62 bits per heavy atom. The Morgan fingerprint density at radius 3 is 2.23 bits per heavy atom. The number of benzene rings is 1. The molecule has 0 spiro atoms. The SMILES string of the molecule is CC(C)(C)OC(=O)N(c1ncc(Br)nc1-c1cc2ccccc2n1C(=O)OC(C)(C)C)C1CC1OC(C)(C)C. The minimum atomic E-state index is -0.737. The van der Waals surface area contributed by atoms with E-state index in [0.29, 0.717) is 27.9 Å². The third kappa shape index (κ3) is 6.97. The number of para-hydroxylation sites is 1. The number of carbonyl (C=O) groups excluding carboxylic acids is 2. The molecule has 4 rings (SSSR count). The number of rotatable bonds is 4. The molecule has 1 amide bonds. The zero-order chi connectivity index (χ0) is 28.9. The highest BCUT2D eigenvalue weighted by Gasteiger charge is 2.50. The van der Waals surface area contributed by atoms with Crippen LogP contribution in [0.5, 0.6) is 0 Å². The minimum Gasteiger partial charge on any atom is -0.443 e. The van der Waals surface area contributed by atoms with Gasteiger partial charge in [0.15, 0.2) is 5.82 Å². The largest absolute Gasteiger partial charge is 0.443 e. The number of anilines is 1. The van der Waals surface area contributed by atoms with E-state index in [0.717, 1.165) is 5.39 Å². The lowest BCUT2D eigenvalue weighted by atomic mass is 10.2. The van der Waals surface area contributed by atoms with E-state index in [1.165, 1.54) is 15.7 Å². The summed E-state index contributed by atoms with van der Waals surface area (Å²) in [6.45, 7) is 16.8. The standard InChI is InChI=1S/C29H37BrN4O5/c1-27(2,3)37-21-15-19(21)34(26(36)39-29(7,8)9)24-23(32-22(30)16-31-24)20-14-17-12-10-11-13-18(17)33(20)25(35)38-28(4,5)6/h10-14,16,19,21H,15H2,1-9H3. The van der Waals surface area contributed by atoms with Gasteiger partial charge in [0.05, 0.1) is 35.2 Å². The van der Waals surface area contributed by atoms with E-state index >= 15 is 0 Å². The second-order valence-electron chi connectivity index (χ2n) is 12.7. The van der Waals surface area contributed by atoms with Crippen molar-refractivity contribution in [1.29, 1.82) is 0 Å². The van der Waals surface area contributed by atoms with Gasteiger partial charge in [-0.25, -0.2) is 24.1 Å². The highest BCUT2D eigenvalue weighted by atomic mass is 79.9. The number of carbonyl (C=O) groups is 2. The van der Waals surface area contributed by atoms with Crippen molar-refractivity contribution in [3.63, 3.8) is 0 Å². The van der Waals surface area contributed by atoms with Crippen molar-refractivity contribution in [3.05, 3.63) is 41.1 Å². The maximum atomic E-state index is 13.7. The van der Waals surface area contributed by atoms with Gasteiger partial charge in [-0.05, 0) is 96.8 Å². The van der Waals surface area contributed by atoms with Crippen molar-refractivity contribution in [2.75, 3.05) is 4.90 Å². The lowest BCUT2D eigenvalue weighted by Crippen LogP contribution is -2.41. The number of nitrogens with zero attached hydrogens (tertiary/aromatic N) is 4. The Morgan fingerprint density at radius 1 is 0.974 bits per heavy atom. The Labute approximate surface area is 238 Å². The van der Waals surface area contributed by atoms with Crippen LogP contribution in [-0.4, -0.2) is 55.7 Å². The van der Waals surface area contributed by atoms with Gasteiger partial charge in [-0.15, -0.1) is 0 Å². The zero-order valence-corrected chi connectivity index (χ0v) is 25.6. The third-order valence-electron chi connectivity index (χ3n) is 5.61.